The Morgan fingerprint density at radius 1 is 1.08 bits per heavy atom. The molecule has 1 aromatic rings. The number of carbonyl (C=O) groups is 1. The Hall–Kier alpha value is -1.66. The molecule has 6 heteroatoms. The summed E-state index contributed by atoms with van der Waals surface area (Å²) in [5.41, 5.74) is 0.481. The van der Waals surface area contributed by atoms with Crippen molar-refractivity contribution in [2.75, 3.05) is 51.1 Å². The molecule has 1 unspecified atom stereocenters. The summed E-state index contributed by atoms with van der Waals surface area (Å²) in [6.07, 6.45) is 6.41. The van der Waals surface area contributed by atoms with E-state index in [1.54, 1.807) is 12.1 Å². The lowest BCUT2D eigenvalue weighted by molar-refractivity contribution is 0.139. The molecule has 2 heterocycles. The molecule has 2 aliphatic rings. The van der Waals surface area contributed by atoms with E-state index in [-0.39, 0.29) is 11.8 Å². The van der Waals surface area contributed by atoms with Gasteiger partial charge in [-0.2, -0.15) is 0 Å². The Morgan fingerprint density at radius 3 is 2.65 bits per heavy atom. The van der Waals surface area contributed by atoms with Gasteiger partial charge in [0.05, 0.1) is 0 Å². The molecule has 2 saturated heterocycles. The molecular weight excluding hydrogens is 331 g/mol. The molecule has 0 bridgehead atoms. The van der Waals surface area contributed by atoms with E-state index in [1.165, 1.54) is 64.0 Å². The van der Waals surface area contributed by atoms with Crippen LogP contribution in [-0.4, -0.2) is 61.6 Å². The van der Waals surface area contributed by atoms with Gasteiger partial charge in [-0.3, -0.25) is 0 Å². The van der Waals surface area contributed by atoms with Gasteiger partial charge in [0, 0.05) is 31.9 Å². The highest BCUT2D eigenvalue weighted by Gasteiger charge is 2.21. The Balaban J connectivity index is 1.35. The molecule has 5 nitrogen and oxygen atoms in total. The Bertz CT molecular complexity index is 577. The first-order valence-corrected chi connectivity index (χ1v) is 9.94. The highest BCUT2D eigenvalue weighted by Crippen LogP contribution is 2.16. The zero-order valence-corrected chi connectivity index (χ0v) is 15.6. The highest BCUT2D eigenvalue weighted by molar-refractivity contribution is 5.89. The van der Waals surface area contributed by atoms with Crippen molar-refractivity contribution < 1.29 is 9.18 Å². The molecule has 0 aliphatic carbocycles. The number of likely N-dealkylation sites (tertiary alicyclic amines) is 2. The van der Waals surface area contributed by atoms with Gasteiger partial charge in [0.25, 0.3) is 0 Å². The molecule has 1 atom stereocenters. The summed E-state index contributed by atoms with van der Waals surface area (Å²) in [4.78, 5) is 17.1. The number of urea groups is 1. The van der Waals surface area contributed by atoms with Crippen molar-refractivity contribution in [1.29, 1.82) is 0 Å². The maximum Gasteiger partial charge on any atom is 0.319 e. The molecule has 0 radical (unpaired) electrons. The molecule has 2 N–H and O–H groups in total. The van der Waals surface area contributed by atoms with E-state index in [9.17, 15) is 9.18 Å². The van der Waals surface area contributed by atoms with E-state index in [1.807, 2.05) is 0 Å². The zero-order chi connectivity index (χ0) is 18.2. The Labute approximate surface area is 155 Å². The lowest BCUT2D eigenvalue weighted by Gasteiger charge is -2.35. The summed E-state index contributed by atoms with van der Waals surface area (Å²) in [5.74, 6) is 0.141. The minimum Gasteiger partial charge on any atom is -0.338 e. The molecule has 144 valence electrons. The lowest BCUT2D eigenvalue weighted by atomic mass is 9.98. The quantitative estimate of drug-likeness (QED) is 0.817. The number of nitrogens with zero attached hydrogens (tertiary/aromatic N) is 2. The van der Waals surface area contributed by atoms with Crippen molar-refractivity contribution >= 4 is 11.7 Å². The number of carbonyl (C=O) groups excluding carboxylic acids is 1. The van der Waals surface area contributed by atoms with Crippen LogP contribution in [0.25, 0.3) is 0 Å². The Kier molecular flexibility index (Phi) is 7.26. The van der Waals surface area contributed by atoms with Crippen LogP contribution >= 0.6 is 0 Å². The first-order chi connectivity index (χ1) is 12.7. The average Bonchev–Trinajstić information content (AvgIpc) is 2.66. The SMILES string of the molecule is O=C(NCC1CCCN(CCN2CCCCC2)C1)Nc1cccc(F)c1. The second-order valence-electron chi connectivity index (χ2n) is 7.56. The first-order valence-electron chi connectivity index (χ1n) is 9.94. The number of hydrogen-bond donors (Lipinski definition) is 2. The van der Waals surface area contributed by atoms with Crippen LogP contribution in [0.3, 0.4) is 0 Å². The largest absolute Gasteiger partial charge is 0.338 e. The minimum absolute atomic E-state index is 0.263. The van der Waals surface area contributed by atoms with Gasteiger partial charge < -0.3 is 20.4 Å². The van der Waals surface area contributed by atoms with Gasteiger partial charge in [-0.15, -0.1) is 0 Å². The lowest BCUT2D eigenvalue weighted by Crippen LogP contribution is -2.45. The number of hydrogen-bond acceptors (Lipinski definition) is 3. The van der Waals surface area contributed by atoms with E-state index in [0.29, 0.717) is 18.2 Å². The molecular formula is C20H31FN4O. The fourth-order valence-electron chi connectivity index (χ4n) is 3.97. The molecule has 2 fully saturated rings. The maximum absolute atomic E-state index is 13.2. The van der Waals surface area contributed by atoms with Gasteiger partial charge in [-0.25, -0.2) is 9.18 Å². The van der Waals surface area contributed by atoms with Crippen molar-refractivity contribution in [1.82, 2.24) is 15.1 Å². The third kappa shape index (κ3) is 6.25. The third-order valence-electron chi connectivity index (χ3n) is 5.42. The zero-order valence-electron chi connectivity index (χ0n) is 15.6. The van der Waals surface area contributed by atoms with Crippen LogP contribution < -0.4 is 10.6 Å². The van der Waals surface area contributed by atoms with Crippen LogP contribution in [0.15, 0.2) is 24.3 Å². The van der Waals surface area contributed by atoms with Gasteiger partial charge in [0.15, 0.2) is 0 Å². The van der Waals surface area contributed by atoms with Crippen molar-refractivity contribution in [3.05, 3.63) is 30.1 Å². The molecule has 1 aromatic carbocycles. The van der Waals surface area contributed by atoms with Crippen molar-refractivity contribution in [3.63, 3.8) is 0 Å². The summed E-state index contributed by atoms with van der Waals surface area (Å²) >= 11 is 0. The summed E-state index contributed by atoms with van der Waals surface area (Å²) < 4.78 is 13.2. The smallest absolute Gasteiger partial charge is 0.319 e. The number of anilines is 1. The van der Waals surface area contributed by atoms with Crippen molar-refractivity contribution in [2.24, 2.45) is 5.92 Å². The van der Waals surface area contributed by atoms with E-state index in [2.05, 4.69) is 20.4 Å². The maximum atomic E-state index is 13.2. The van der Waals surface area contributed by atoms with E-state index < -0.39 is 0 Å². The topological polar surface area (TPSA) is 47.6 Å². The number of nitrogens with one attached hydrogen (secondary N) is 2. The first kappa shape index (κ1) is 19.1. The van der Waals surface area contributed by atoms with Crippen LogP contribution in [0, 0.1) is 11.7 Å². The summed E-state index contributed by atoms with van der Waals surface area (Å²) in [6, 6.07) is 5.70. The molecule has 0 saturated carbocycles. The molecule has 3 rings (SSSR count). The van der Waals surface area contributed by atoms with Gasteiger partial charge in [-0.1, -0.05) is 12.5 Å². The van der Waals surface area contributed by atoms with E-state index >= 15 is 0 Å². The molecule has 0 spiro atoms. The third-order valence-corrected chi connectivity index (χ3v) is 5.42. The van der Waals surface area contributed by atoms with Crippen LogP contribution in [0.1, 0.15) is 32.1 Å². The number of rotatable bonds is 6. The van der Waals surface area contributed by atoms with Crippen molar-refractivity contribution in [2.45, 2.75) is 32.1 Å². The second kappa shape index (κ2) is 9.88. The fourth-order valence-corrected chi connectivity index (χ4v) is 3.97. The minimum atomic E-state index is -0.348. The van der Waals surface area contributed by atoms with Crippen LogP contribution in [0.2, 0.25) is 0 Å². The van der Waals surface area contributed by atoms with Crippen molar-refractivity contribution in [3.8, 4) is 0 Å². The van der Waals surface area contributed by atoms with Gasteiger partial charge in [0.2, 0.25) is 0 Å². The van der Waals surface area contributed by atoms with Crippen LogP contribution in [0.4, 0.5) is 14.9 Å². The predicted octanol–water partition coefficient (Wildman–Crippen LogP) is 3.15. The Morgan fingerprint density at radius 2 is 1.85 bits per heavy atom. The number of amides is 2. The van der Waals surface area contributed by atoms with Gasteiger partial charge in [0.1, 0.15) is 5.82 Å². The summed E-state index contributed by atoms with van der Waals surface area (Å²) in [6.45, 7) is 7.68. The monoisotopic (exact) mass is 362 g/mol. The molecule has 2 aliphatic heterocycles. The molecule has 26 heavy (non-hydrogen) atoms. The van der Waals surface area contributed by atoms with Crippen LogP contribution in [-0.2, 0) is 0 Å². The summed E-state index contributed by atoms with van der Waals surface area (Å²) in [7, 11) is 0. The number of piperidine rings is 2. The average molecular weight is 362 g/mol. The second-order valence-corrected chi connectivity index (χ2v) is 7.56. The van der Waals surface area contributed by atoms with E-state index in [4.69, 9.17) is 0 Å². The predicted molar refractivity (Wildman–Crippen MR) is 103 cm³/mol. The standard InChI is InChI=1S/C20H31FN4O/c21-18-7-4-8-19(14-18)23-20(26)22-15-17-6-5-11-25(16-17)13-12-24-9-2-1-3-10-24/h4,7-8,14,17H,1-3,5-6,9-13,15-16H2,(H2,22,23,26). The number of benzene rings is 1. The molecule has 2 amide bonds. The normalized spacial score (nSPS) is 22.1. The highest BCUT2D eigenvalue weighted by atomic mass is 19.1. The van der Waals surface area contributed by atoms with Gasteiger partial charge in [-0.05, 0) is 69.4 Å². The van der Waals surface area contributed by atoms with Gasteiger partial charge >= 0.3 is 6.03 Å². The van der Waals surface area contributed by atoms with E-state index in [0.717, 1.165) is 19.5 Å². The summed E-state index contributed by atoms with van der Waals surface area (Å²) in [5, 5.41) is 5.63. The van der Waals surface area contributed by atoms with Crippen LogP contribution in [0.5, 0.6) is 0 Å². The fraction of sp³-hybridized carbons (Fsp3) is 0.650. The number of halogens is 1. The molecule has 0 aromatic heterocycles.